The van der Waals surface area contributed by atoms with E-state index in [1.54, 1.807) is 0 Å². The Kier molecular flexibility index (Phi) is 16.8. The van der Waals surface area contributed by atoms with Crippen LogP contribution in [0.2, 0.25) is 0 Å². The number of thiol groups is 2. The fraction of sp³-hybridized carbons (Fsp3) is 0.917. The number of hydrogen-bond donors (Lipinski definition) is 2. The van der Waals surface area contributed by atoms with Gasteiger partial charge < -0.3 is 0 Å². The Balaban J connectivity index is 4.42. The van der Waals surface area contributed by atoms with Crippen LogP contribution in [-0.4, -0.2) is 22.1 Å². The number of rotatable bonds is 18. The van der Waals surface area contributed by atoms with Crippen LogP contribution in [0, 0.1) is 17.8 Å². The minimum atomic E-state index is -0.513. The van der Waals surface area contributed by atoms with Crippen molar-refractivity contribution in [3.05, 3.63) is 0 Å². The Morgan fingerprint density at radius 3 is 1.29 bits per heavy atom. The molecule has 0 amide bonds. The summed E-state index contributed by atoms with van der Waals surface area (Å²) >= 11 is 9.11. The lowest BCUT2D eigenvalue weighted by molar-refractivity contribution is -0.132. The first-order valence-corrected chi connectivity index (χ1v) is 12.7. The molecule has 0 aromatic rings. The van der Waals surface area contributed by atoms with E-state index in [2.05, 4.69) is 53.0 Å². The van der Waals surface area contributed by atoms with Crippen molar-refractivity contribution in [2.75, 3.05) is 0 Å². The average molecular weight is 431 g/mol. The molecule has 0 aromatic carbocycles. The van der Waals surface area contributed by atoms with E-state index in [-0.39, 0.29) is 22.1 Å². The topological polar surface area (TPSA) is 34.1 Å². The molecule has 0 fully saturated rings. The minimum Gasteiger partial charge on any atom is -0.298 e. The van der Waals surface area contributed by atoms with Gasteiger partial charge in [-0.2, -0.15) is 25.3 Å². The van der Waals surface area contributed by atoms with E-state index in [1.807, 2.05) is 6.92 Å². The third kappa shape index (κ3) is 13.3. The van der Waals surface area contributed by atoms with Gasteiger partial charge in [0.25, 0.3) is 0 Å². The Hall–Kier alpha value is 0.0400. The van der Waals surface area contributed by atoms with Crippen LogP contribution in [0.4, 0.5) is 0 Å². The molecule has 0 aromatic heterocycles. The molecule has 0 bridgehead atoms. The van der Waals surface area contributed by atoms with Crippen molar-refractivity contribution in [3.63, 3.8) is 0 Å². The zero-order chi connectivity index (χ0) is 21.5. The van der Waals surface area contributed by atoms with Crippen molar-refractivity contribution in [1.82, 2.24) is 0 Å². The van der Waals surface area contributed by atoms with Crippen LogP contribution in [0.3, 0.4) is 0 Å². The molecule has 0 spiro atoms. The molecule has 2 nitrogen and oxygen atoms in total. The summed E-state index contributed by atoms with van der Waals surface area (Å²) in [5.74, 6) is 1.01. The van der Waals surface area contributed by atoms with Crippen LogP contribution >= 0.6 is 25.3 Å². The van der Waals surface area contributed by atoms with Gasteiger partial charge in [-0.05, 0) is 31.1 Å². The van der Waals surface area contributed by atoms with E-state index < -0.39 is 5.92 Å². The maximum Gasteiger partial charge on any atom is 0.156 e. The predicted molar refractivity (Wildman–Crippen MR) is 130 cm³/mol. The first-order chi connectivity index (χ1) is 13.2. The van der Waals surface area contributed by atoms with Crippen molar-refractivity contribution in [2.45, 2.75) is 122 Å². The smallest absolute Gasteiger partial charge is 0.156 e. The average Bonchev–Trinajstić information content (AvgIpc) is 2.63. The van der Waals surface area contributed by atoms with Crippen molar-refractivity contribution >= 4 is 36.8 Å². The van der Waals surface area contributed by atoms with E-state index in [0.29, 0.717) is 6.42 Å². The molecule has 0 rings (SSSR count). The molecule has 0 heterocycles. The first-order valence-electron chi connectivity index (χ1n) is 11.6. The van der Waals surface area contributed by atoms with Gasteiger partial charge in [0.1, 0.15) is 0 Å². The fourth-order valence-corrected chi connectivity index (χ4v) is 4.32. The van der Waals surface area contributed by atoms with Crippen LogP contribution in [0.15, 0.2) is 0 Å². The van der Waals surface area contributed by atoms with Gasteiger partial charge in [-0.25, -0.2) is 0 Å². The summed E-state index contributed by atoms with van der Waals surface area (Å²) in [5.41, 5.74) is 0. The van der Waals surface area contributed by atoms with Crippen LogP contribution < -0.4 is 0 Å². The fourth-order valence-electron chi connectivity index (χ4n) is 3.60. The lowest BCUT2D eigenvalue weighted by Gasteiger charge is -2.21. The summed E-state index contributed by atoms with van der Waals surface area (Å²) in [6.45, 7) is 11.0. The van der Waals surface area contributed by atoms with Gasteiger partial charge in [0.2, 0.25) is 0 Å². The third-order valence-corrected chi connectivity index (χ3v) is 6.46. The highest BCUT2D eigenvalue weighted by atomic mass is 32.1. The molecule has 2 atom stereocenters. The molecule has 0 aliphatic carbocycles. The van der Waals surface area contributed by atoms with Crippen molar-refractivity contribution in [1.29, 1.82) is 0 Å². The minimum absolute atomic E-state index is 0.0258. The number of carbonyl (C=O) groups excluding carboxylic acids is 2. The molecule has 0 radical (unpaired) electrons. The van der Waals surface area contributed by atoms with Crippen molar-refractivity contribution < 1.29 is 9.59 Å². The zero-order valence-electron chi connectivity index (χ0n) is 19.1. The normalized spacial score (nSPS) is 15.0. The highest BCUT2D eigenvalue weighted by Crippen LogP contribution is 2.24. The Bertz CT molecular complexity index is 385. The van der Waals surface area contributed by atoms with Crippen molar-refractivity contribution in [2.24, 2.45) is 17.8 Å². The van der Waals surface area contributed by atoms with Crippen molar-refractivity contribution in [3.8, 4) is 0 Å². The van der Waals surface area contributed by atoms with Crippen LogP contribution in [0.5, 0.6) is 0 Å². The van der Waals surface area contributed by atoms with Gasteiger partial charge >= 0.3 is 0 Å². The summed E-state index contributed by atoms with van der Waals surface area (Å²) in [6, 6.07) is 0. The molecule has 0 saturated carbocycles. The van der Waals surface area contributed by atoms with Crippen LogP contribution in [0.1, 0.15) is 112 Å². The summed E-state index contributed by atoms with van der Waals surface area (Å²) in [4.78, 5) is 25.7. The molecular formula is C24H46O2S2. The second kappa shape index (κ2) is 16.8. The first kappa shape index (κ1) is 28.0. The summed E-state index contributed by atoms with van der Waals surface area (Å²) < 4.78 is 0. The monoisotopic (exact) mass is 430 g/mol. The summed E-state index contributed by atoms with van der Waals surface area (Å²) in [6.07, 6.45) is 12.2. The van der Waals surface area contributed by atoms with Gasteiger partial charge in [0.15, 0.2) is 11.6 Å². The van der Waals surface area contributed by atoms with Crippen LogP contribution in [-0.2, 0) is 9.59 Å². The molecule has 0 saturated heterocycles. The van der Waals surface area contributed by atoms with Gasteiger partial charge in [-0.3, -0.25) is 9.59 Å². The Labute approximate surface area is 186 Å². The van der Waals surface area contributed by atoms with Crippen LogP contribution in [0.25, 0.3) is 0 Å². The molecule has 0 aliphatic heterocycles. The molecule has 0 aliphatic rings. The third-order valence-electron chi connectivity index (χ3n) is 5.44. The molecule has 28 heavy (non-hydrogen) atoms. The van der Waals surface area contributed by atoms with E-state index >= 15 is 0 Å². The van der Waals surface area contributed by atoms with Gasteiger partial charge in [0, 0.05) is 0 Å². The Morgan fingerprint density at radius 2 is 0.964 bits per heavy atom. The maximum atomic E-state index is 12.9. The standard InChI is InChI=1S/C24H46O2S2/c1-6-13-20(23(25)21(27)16-11-7-9-14-18(2)3)24(26)22(28)17-12-8-10-15-19(4)5/h18-22,27-28H,6-17H2,1-5H3. The van der Waals surface area contributed by atoms with E-state index in [4.69, 9.17) is 0 Å². The lowest BCUT2D eigenvalue weighted by atomic mass is 9.87. The lowest BCUT2D eigenvalue weighted by Crippen LogP contribution is -2.35. The number of hydrogen-bond acceptors (Lipinski definition) is 4. The van der Waals surface area contributed by atoms with E-state index in [0.717, 1.165) is 56.8 Å². The SMILES string of the molecule is CCCC(C(=O)C(S)CCCCCC(C)C)C(=O)C(S)CCCCCC(C)C. The highest BCUT2D eigenvalue weighted by molar-refractivity contribution is 7.82. The number of unbranched alkanes of at least 4 members (excludes halogenated alkanes) is 4. The van der Waals surface area contributed by atoms with Gasteiger partial charge in [-0.15, -0.1) is 0 Å². The highest BCUT2D eigenvalue weighted by Gasteiger charge is 2.32. The summed E-state index contributed by atoms with van der Waals surface area (Å²) in [5, 5.41) is -0.628. The number of Topliss-reactive ketones (excluding diaryl/α,β-unsaturated/α-hetero) is 2. The Morgan fingerprint density at radius 1 is 0.607 bits per heavy atom. The summed E-state index contributed by atoms with van der Waals surface area (Å²) in [7, 11) is 0. The number of carbonyl (C=O) groups is 2. The second-order valence-electron chi connectivity index (χ2n) is 9.24. The van der Waals surface area contributed by atoms with Gasteiger partial charge in [0.05, 0.1) is 16.4 Å². The largest absolute Gasteiger partial charge is 0.298 e. The molecular weight excluding hydrogens is 384 g/mol. The second-order valence-corrected chi connectivity index (χ2v) is 10.5. The molecule has 0 N–H and O–H groups in total. The maximum absolute atomic E-state index is 12.9. The van der Waals surface area contributed by atoms with E-state index in [1.165, 1.54) is 25.7 Å². The zero-order valence-corrected chi connectivity index (χ0v) is 20.9. The molecule has 166 valence electrons. The molecule has 2 unspecified atom stereocenters. The predicted octanol–water partition coefficient (Wildman–Crippen LogP) is 7.35. The van der Waals surface area contributed by atoms with Gasteiger partial charge in [-0.1, -0.05) is 92.4 Å². The number of ketones is 2. The molecule has 4 heteroatoms. The van der Waals surface area contributed by atoms with E-state index in [9.17, 15) is 9.59 Å². The quantitative estimate of drug-likeness (QED) is 0.135.